The third-order valence-corrected chi connectivity index (χ3v) is 12.2. The summed E-state index contributed by atoms with van der Waals surface area (Å²) < 4.78 is 55.4. The highest BCUT2D eigenvalue weighted by atomic mass is 32.2. The fourth-order valence-electron chi connectivity index (χ4n) is 8.07. The summed E-state index contributed by atoms with van der Waals surface area (Å²) in [6, 6.07) is -0.859. The number of alkyl halides is 2. The van der Waals surface area contributed by atoms with Crippen LogP contribution in [0.1, 0.15) is 124 Å². The van der Waals surface area contributed by atoms with E-state index in [0.29, 0.717) is 58.2 Å². The molecule has 3 aliphatic rings. The molecule has 9 nitrogen and oxygen atoms in total. The van der Waals surface area contributed by atoms with Gasteiger partial charge in [-0.05, 0) is 83.5 Å². The van der Waals surface area contributed by atoms with Crippen LogP contribution in [0.15, 0.2) is 0 Å². The molecule has 0 bridgehead atoms. The molecule has 3 saturated carbocycles. The monoisotopic (exact) mass is 700 g/mol. The number of nitrogens with zero attached hydrogens (tertiary/aromatic N) is 2. The first-order chi connectivity index (χ1) is 22.9. The van der Waals surface area contributed by atoms with Crippen molar-refractivity contribution in [1.82, 2.24) is 20.1 Å². The van der Waals surface area contributed by atoms with Gasteiger partial charge in [0.05, 0.1) is 17.4 Å². The number of hydrogen-bond acceptors (Lipinski definition) is 6. The first kappa shape index (κ1) is 40.6. The minimum absolute atomic E-state index is 0.0429. The van der Waals surface area contributed by atoms with Crippen molar-refractivity contribution in [3.63, 3.8) is 0 Å². The van der Waals surface area contributed by atoms with Crippen LogP contribution in [0.4, 0.5) is 8.78 Å². The summed E-state index contributed by atoms with van der Waals surface area (Å²) in [6.07, 6.45) is 4.17. The number of hydrogen-bond donors (Lipinski definition) is 3. The fraction of sp³-hybridized carbons (Fsp3) is 0.889. The molecule has 3 aliphatic carbocycles. The van der Waals surface area contributed by atoms with Crippen LogP contribution in [0.2, 0.25) is 0 Å². The highest BCUT2D eigenvalue weighted by molar-refractivity contribution is 7.90. The molecular formula is C36H62F2N4O5S. The Bertz CT molecular complexity index is 1160. The number of carbonyl (C=O) groups is 2. The number of aliphatic hydroxyl groups is 1. The molecule has 7 atom stereocenters. The molecule has 2 amide bonds. The molecule has 0 saturated heterocycles. The Morgan fingerprint density at radius 3 is 2.06 bits per heavy atom. The maximum absolute atomic E-state index is 14.4. The first-order valence-electron chi connectivity index (χ1n) is 18.6. The predicted molar refractivity (Wildman–Crippen MR) is 185 cm³/mol. The first-order valence-corrected chi connectivity index (χ1v) is 20.2. The van der Waals surface area contributed by atoms with E-state index in [-0.39, 0.29) is 55.9 Å². The number of carbonyl (C=O) groups excluding carboxylic acids is 2. The van der Waals surface area contributed by atoms with E-state index in [4.69, 9.17) is 0 Å². The lowest BCUT2D eigenvalue weighted by molar-refractivity contribution is -0.139. The summed E-state index contributed by atoms with van der Waals surface area (Å²) in [4.78, 5) is 32.2. The van der Waals surface area contributed by atoms with E-state index in [9.17, 15) is 31.9 Å². The molecule has 0 heterocycles. The second kappa shape index (κ2) is 20.1. The number of nitrogens with one attached hydrogen (secondary N) is 2. The van der Waals surface area contributed by atoms with Crippen LogP contribution in [0.5, 0.6) is 0 Å². The highest BCUT2D eigenvalue weighted by Gasteiger charge is 2.40. The zero-order valence-electron chi connectivity index (χ0n) is 29.8. The number of hydrazine groups is 1. The van der Waals surface area contributed by atoms with Crippen LogP contribution in [0, 0.1) is 35.5 Å². The van der Waals surface area contributed by atoms with E-state index in [0.717, 1.165) is 32.1 Å². The predicted octanol–water partition coefficient (Wildman–Crippen LogP) is 5.28. The summed E-state index contributed by atoms with van der Waals surface area (Å²) in [6.45, 7) is 9.31. The Kier molecular flexibility index (Phi) is 17.0. The topological polar surface area (TPSA) is 119 Å². The Morgan fingerprint density at radius 1 is 0.875 bits per heavy atom. The summed E-state index contributed by atoms with van der Waals surface area (Å²) in [5, 5.41) is 15.7. The van der Waals surface area contributed by atoms with E-state index in [1.165, 1.54) is 5.01 Å². The molecular weight excluding hydrogens is 638 g/mol. The van der Waals surface area contributed by atoms with Gasteiger partial charge in [-0.2, -0.15) is 0 Å². The minimum atomic E-state index is -3.67. The van der Waals surface area contributed by atoms with Gasteiger partial charge >= 0.3 is 0 Å². The van der Waals surface area contributed by atoms with Crippen molar-refractivity contribution in [3.05, 3.63) is 0 Å². The number of halogens is 2. The highest BCUT2D eigenvalue weighted by Crippen LogP contribution is 2.36. The van der Waals surface area contributed by atoms with Crippen LogP contribution >= 0.6 is 0 Å². The molecule has 0 aliphatic heterocycles. The Balaban J connectivity index is 1.81. The second-order valence-corrected chi connectivity index (χ2v) is 16.5. The van der Waals surface area contributed by atoms with Crippen molar-refractivity contribution < 1.29 is 31.9 Å². The maximum atomic E-state index is 14.4. The van der Waals surface area contributed by atoms with Crippen LogP contribution in [-0.2, 0) is 19.6 Å². The van der Waals surface area contributed by atoms with Gasteiger partial charge in [-0.25, -0.2) is 22.2 Å². The van der Waals surface area contributed by atoms with Crippen molar-refractivity contribution in [1.29, 1.82) is 0 Å². The van der Waals surface area contributed by atoms with Crippen molar-refractivity contribution >= 4 is 21.8 Å². The van der Waals surface area contributed by atoms with Gasteiger partial charge in [0.25, 0.3) is 0 Å². The molecule has 12 heteroatoms. The van der Waals surface area contributed by atoms with Gasteiger partial charge in [-0.1, -0.05) is 40.0 Å². The third-order valence-electron chi connectivity index (χ3n) is 10.3. The molecule has 0 aromatic carbocycles. The largest absolute Gasteiger partial charge is 0.390 e. The quantitative estimate of drug-likeness (QED) is 0.140. The lowest BCUT2D eigenvalue weighted by Crippen LogP contribution is -2.55. The Morgan fingerprint density at radius 2 is 1.48 bits per heavy atom. The fourth-order valence-corrected chi connectivity index (χ4v) is 9.70. The number of rotatable bonds is 17. The molecule has 3 N–H and O–H groups in total. The van der Waals surface area contributed by atoms with E-state index >= 15 is 0 Å². The van der Waals surface area contributed by atoms with Crippen LogP contribution in [0.25, 0.3) is 0 Å². The van der Waals surface area contributed by atoms with Crippen LogP contribution < -0.4 is 10.1 Å². The third kappa shape index (κ3) is 12.5. The molecule has 0 spiro atoms. The van der Waals surface area contributed by atoms with Gasteiger partial charge < -0.3 is 15.3 Å². The molecule has 0 aromatic rings. The summed E-state index contributed by atoms with van der Waals surface area (Å²) in [5.41, 5.74) is 0. The van der Waals surface area contributed by atoms with Gasteiger partial charge in [0.1, 0.15) is 12.3 Å². The second-order valence-electron chi connectivity index (χ2n) is 14.5. The van der Waals surface area contributed by atoms with Gasteiger partial charge in [0.15, 0.2) is 0 Å². The molecule has 7 unspecified atom stereocenters. The van der Waals surface area contributed by atoms with Crippen LogP contribution in [-0.4, -0.2) is 91.2 Å². The SMILES string of the molecule is CC#CC1CC(C(=O)NC(CC2CC(F)CC(F)C2)C(O)CN(CCC)NS(=O)(=O)C2CCCCC2)CC(C(=O)N(CCC)CCC)C1. The summed E-state index contributed by atoms with van der Waals surface area (Å²) in [7, 11) is -3.67. The smallest absolute Gasteiger partial charge is 0.227 e. The van der Waals surface area contributed by atoms with E-state index in [1.807, 2.05) is 25.7 Å². The van der Waals surface area contributed by atoms with E-state index < -0.39 is 51.6 Å². The zero-order chi connectivity index (χ0) is 35.3. The van der Waals surface area contributed by atoms with Gasteiger partial charge in [-0.15, -0.1) is 16.7 Å². The molecule has 48 heavy (non-hydrogen) atoms. The lowest BCUT2D eigenvalue weighted by atomic mass is 9.74. The van der Waals surface area contributed by atoms with Gasteiger partial charge in [0, 0.05) is 50.4 Å². The molecule has 0 aromatic heterocycles. The lowest BCUT2D eigenvalue weighted by Gasteiger charge is -2.37. The average Bonchev–Trinajstić information content (AvgIpc) is 3.04. The van der Waals surface area contributed by atoms with Crippen molar-refractivity contribution in [2.45, 2.75) is 154 Å². The normalized spacial score (nSPS) is 28.2. The van der Waals surface area contributed by atoms with Crippen LogP contribution in [0.3, 0.4) is 0 Å². The van der Waals surface area contributed by atoms with Crippen molar-refractivity contribution in [3.8, 4) is 11.8 Å². The number of amides is 2. The van der Waals surface area contributed by atoms with E-state index in [2.05, 4.69) is 22.0 Å². The number of aliphatic hydroxyl groups excluding tert-OH is 1. The standard InChI is InChI=1S/C36H62F2N4O5S/c1-5-12-26-18-28(23-29(19-26)36(45)41(15-6-2)16-7-3)35(44)39-33(22-27-20-30(37)24-31(38)21-27)34(43)25-42(17-8-4)40-48(46,47)32-13-10-9-11-14-32/h26-34,40,43H,6-11,13-25H2,1-4H3,(H,39,44). The van der Waals surface area contributed by atoms with Crippen molar-refractivity contribution in [2.75, 3.05) is 26.2 Å². The molecule has 276 valence electrons. The molecule has 0 radical (unpaired) electrons. The average molecular weight is 701 g/mol. The molecule has 3 rings (SSSR count). The van der Waals surface area contributed by atoms with E-state index in [1.54, 1.807) is 6.92 Å². The van der Waals surface area contributed by atoms with Crippen molar-refractivity contribution in [2.24, 2.45) is 23.7 Å². The molecule has 3 fully saturated rings. The minimum Gasteiger partial charge on any atom is -0.390 e. The van der Waals surface area contributed by atoms with Gasteiger partial charge in [0.2, 0.25) is 21.8 Å². The number of sulfonamides is 1. The summed E-state index contributed by atoms with van der Waals surface area (Å²) in [5.74, 6) is 4.48. The Labute approximate surface area is 288 Å². The van der Waals surface area contributed by atoms with Gasteiger partial charge in [-0.3, -0.25) is 9.59 Å². The Hall–Kier alpha value is -1.81. The summed E-state index contributed by atoms with van der Waals surface area (Å²) >= 11 is 0. The zero-order valence-corrected chi connectivity index (χ0v) is 30.6. The maximum Gasteiger partial charge on any atom is 0.227 e.